The van der Waals surface area contributed by atoms with Gasteiger partial charge in [0, 0.05) is 4.88 Å². The van der Waals surface area contributed by atoms with E-state index in [1.807, 2.05) is 17.5 Å². The number of hydrogen-bond donors (Lipinski definition) is 2. The first-order valence-electron chi connectivity index (χ1n) is 6.77. The van der Waals surface area contributed by atoms with Gasteiger partial charge in [-0.05, 0) is 36.6 Å². The molecular formula is C15H23NO3S. The van der Waals surface area contributed by atoms with E-state index in [-0.39, 0.29) is 17.2 Å². The van der Waals surface area contributed by atoms with Gasteiger partial charge in [0.15, 0.2) is 0 Å². The van der Waals surface area contributed by atoms with Crippen LogP contribution in [0.25, 0.3) is 0 Å². The predicted molar refractivity (Wildman–Crippen MR) is 81.0 cm³/mol. The predicted octanol–water partition coefficient (Wildman–Crippen LogP) is 3.25. The molecule has 2 unspecified atom stereocenters. The molecule has 0 aromatic carbocycles. The van der Waals surface area contributed by atoms with E-state index in [1.54, 1.807) is 6.92 Å². The molecule has 1 rings (SSSR count). The molecule has 0 bridgehead atoms. The molecule has 2 N–H and O–H groups in total. The first-order valence-corrected chi connectivity index (χ1v) is 7.65. The highest BCUT2D eigenvalue weighted by atomic mass is 32.1. The molecule has 20 heavy (non-hydrogen) atoms. The molecule has 1 aromatic rings. The van der Waals surface area contributed by atoms with Crippen molar-refractivity contribution >= 4 is 23.2 Å². The molecule has 0 aliphatic heterocycles. The fourth-order valence-corrected chi connectivity index (χ4v) is 2.58. The van der Waals surface area contributed by atoms with E-state index in [2.05, 4.69) is 26.1 Å². The number of thiophene rings is 1. The smallest absolute Gasteiger partial charge is 0.326 e. The lowest BCUT2D eigenvalue weighted by Crippen LogP contribution is -2.42. The van der Waals surface area contributed by atoms with Crippen molar-refractivity contribution in [2.45, 2.75) is 52.5 Å². The molecule has 2 atom stereocenters. The van der Waals surface area contributed by atoms with E-state index in [9.17, 15) is 14.7 Å². The third-order valence-corrected chi connectivity index (χ3v) is 4.22. The number of amides is 1. The van der Waals surface area contributed by atoms with E-state index in [0.717, 1.165) is 11.3 Å². The van der Waals surface area contributed by atoms with Gasteiger partial charge >= 0.3 is 5.97 Å². The van der Waals surface area contributed by atoms with Crippen molar-refractivity contribution in [3.05, 3.63) is 22.4 Å². The summed E-state index contributed by atoms with van der Waals surface area (Å²) in [6.45, 7) is 7.97. The van der Waals surface area contributed by atoms with Gasteiger partial charge in [0.2, 0.25) is 5.91 Å². The van der Waals surface area contributed by atoms with E-state index < -0.39 is 12.0 Å². The van der Waals surface area contributed by atoms with Gasteiger partial charge in [-0.2, -0.15) is 0 Å². The van der Waals surface area contributed by atoms with Crippen molar-refractivity contribution in [3.8, 4) is 0 Å². The summed E-state index contributed by atoms with van der Waals surface area (Å²) >= 11 is 1.50. The van der Waals surface area contributed by atoms with Gasteiger partial charge in [0.05, 0.1) is 5.92 Å². The molecule has 0 radical (unpaired) electrons. The molecule has 112 valence electrons. The van der Waals surface area contributed by atoms with Crippen LogP contribution in [0.5, 0.6) is 0 Å². The molecular weight excluding hydrogens is 274 g/mol. The standard InChI is InChI=1S/C15H23NO3S/c1-10(12-6-5-9-20-12)13(17)16-11(14(18)19)7-8-15(2,3)4/h5-6,9-11H,7-8H2,1-4H3,(H,16,17)(H,18,19). The molecule has 1 aromatic heterocycles. The Morgan fingerprint density at radius 2 is 2.05 bits per heavy atom. The maximum atomic E-state index is 12.1. The van der Waals surface area contributed by atoms with Crippen molar-refractivity contribution in [1.29, 1.82) is 0 Å². The van der Waals surface area contributed by atoms with Gasteiger partial charge in [0.25, 0.3) is 0 Å². The second kappa shape index (κ2) is 6.88. The zero-order chi connectivity index (χ0) is 15.3. The monoisotopic (exact) mass is 297 g/mol. The molecule has 0 aliphatic carbocycles. The van der Waals surface area contributed by atoms with Crippen LogP contribution >= 0.6 is 11.3 Å². The number of carboxylic acids is 1. The van der Waals surface area contributed by atoms with Crippen LogP contribution in [0.3, 0.4) is 0 Å². The lowest BCUT2D eigenvalue weighted by atomic mass is 9.88. The number of nitrogens with one attached hydrogen (secondary N) is 1. The van der Waals surface area contributed by atoms with E-state index in [1.165, 1.54) is 11.3 Å². The average Bonchev–Trinajstić information content (AvgIpc) is 2.85. The Labute approximate surface area is 124 Å². The first kappa shape index (κ1) is 16.7. The van der Waals surface area contributed by atoms with E-state index in [4.69, 9.17) is 0 Å². The molecule has 0 fully saturated rings. The number of carbonyl (C=O) groups excluding carboxylic acids is 1. The number of carbonyl (C=O) groups is 2. The van der Waals surface area contributed by atoms with Gasteiger partial charge in [-0.3, -0.25) is 4.79 Å². The topological polar surface area (TPSA) is 66.4 Å². The summed E-state index contributed by atoms with van der Waals surface area (Å²) in [5, 5.41) is 13.8. The van der Waals surface area contributed by atoms with Gasteiger partial charge in [-0.1, -0.05) is 26.8 Å². The molecule has 5 heteroatoms. The maximum absolute atomic E-state index is 12.1. The Hall–Kier alpha value is -1.36. The number of aliphatic carboxylic acids is 1. The van der Waals surface area contributed by atoms with Crippen LogP contribution in [0.4, 0.5) is 0 Å². The highest BCUT2D eigenvalue weighted by Crippen LogP contribution is 2.23. The fraction of sp³-hybridized carbons (Fsp3) is 0.600. The van der Waals surface area contributed by atoms with Crippen LogP contribution in [0.1, 0.15) is 51.3 Å². The Morgan fingerprint density at radius 1 is 1.40 bits per heavy atom. The van der Waals surface area contributed by atoms with Crippen LogP contribution in [0.15, 0.2) is 17.5 Å². The van der Waals surface area contributed by atoms with Crippen LogP contribution in [0, 0.1) is 5.41 Å². The van der Waals surface area contributed by atoms with Crippen LogP contribution < -0.4 is 5.32 Å². The molecule has 0 saturated heterocycles. The Kier molecular flexibility index (Phi) is 5.74. The second-order valence-corrected chi connectivity index (χ2v) is 7.22. The van der Waals surface area contributed by atoms with Gasteiger partial charge in [0.1, 0.15) is 6.04 Å². The van der Waals surface area contributed by atoms with Gasteiger partial charge in [-0.15, -0.1) is 11.3 Å². The average molecular weight is 297 g/mol. The molecule has 4 nitrogen and oxygen atoms in total. The minimum Gasteiger partial charge on any atom is -0.480 e. The van der Waals surface area contributed by atoms with Crippen molar-refractivity contribution in [2.24, 2.45) is 5.41 Å². The molecule has 1 heterocycles. The lowest BCUT2D eigenvalue weighted by Gasteiger charge is -2.22. The normalized spacial score (nSPS) is 14.6. The van der Waals surface area contributed by atoms with Crippen molar-refractivity contribution < 1.29 is 14.7 Å². The highest BCUT2D eigenvalue weighted by Gasteiger charge is 2.25. The van der Waals surface area contributed by atoms with Crippen LogP contribution in [-0.4, -0.2) is 23.0 Å². The van der Waals surface area contributed by atoms with Crippen molar-refractivity contribution in [3.63, 3.8) is 0 Å². The van der Waals surface area contributed by atoms with E-state index >= 15 is 0 Å². The second-order valence-electron chi connectivity index (χ2n) is 6.24. The van der Waals surface area contributed by atoms with Crippen molar-refractivity contribution in [1.82, 2.24) is 5.32 Å². The minimum absolute atomic E-state index is 0.0534. The highest BCUT2D eigenvalue weighted by molar-refractivity contribution is 7.10. The summed E-state index contributed by atoms with van der Waals surface area (Å²) in [5.74, 6) is -1.51. The summed E-state index contributed by atoms with van der Waals surface area (Å²) in [6, 6.07) is 2.96. The molecule has 0 aliphatic rings. The van der Waals surface area contributed by atoms with E-state index in [0.29, 0.717) is 6.42 Å². The number of hydrogen-bond acceptors (Lipinski definition) is 3. The maximum Gasteiger partial charge on any atom is 0.326 e. The summed E-state index contributed by atoms with van der Waals surface area (Å²) in [5.41, 5.74) is 0.0534. The summed E-state index contributed by atoms with van der Waals surface area (Å²) in [6.07, 6.45) is 1.19. The third-order valence-electron chi connectivity index (χ3n) is 3.16. The first-order chi connectivity index (χ1) is 9.20. The number of rotatable bonds is 6. The lowest BCUT2D eigenvalue weighted by molar-refractivity contribution is -0.142. The minimum atomic E-state index is -0.971. The Morgan fingerprint density at radius 3 is 2.50 bits per heavy atom. The number of carboxylic acid groups (broad SMARTS) is 1. The third kappa shape index (κ3) is 5.33. The molecule has 0 saturated carbocycles. The quantitative estimate of drug-likeness (QED) is 0.847. The van der Waals surface area contributed by atoms with Crippen molar-refractivity contribution in [2.75, 3.05) is 0 Å². The summed E-state index contributed by atoms with van der Waals surface area (Å²) < 4.78 is 0. The van der Waals surface area contributed by atoms with Crippen LogP contribution in [0.2, 0.25) is 0 Å². The molecule has 1 amide bonds. The molecule has 0 spiro atoms. The largest absolute Gasteiger partial charge is 0.480 e. The zero-order valence-corrected chi connectivity index (χ0v) is 13.3. The zero-order valence-electron chi connectivity index (χ0n) is 12.5. The Bertz CT molecular complexity index is 448. The van der Waals surface area contributed by atoms with Gasteiger partial charge in [-0.25, -0.2) is 4.79 Å². The SMILES string of the molecule is CC(C(=O)NC(CCC(C)(C)C)C(=O)O)c1cccs1. The van der Waals surface area contributed by atoms with Gasteiger partial charge < -0.3 is 10.4 Å². The fourth-order valence-electron chi connectivity index (χ4n) is 1.80. The summed E-state index contributed by atoms with van der Waals surface area (Å²) in [4.78, 5) is 24.3. The Balaban J connectivity index is 2.61. The van der Waals surface area contributed by atoms with Crippen LogP contribution in [-0.2, 0) is 9.59 Å². The summed E-state index contributed by atoms with van der Waals surface area (Å²) in [7, 11) is 0.